The van der Waals surface area contributed by atoms with Crippen LogP contribution in [0.15, 0.2) is 79.1 Å². The van der Waals surface area contributed by atoms with Crippen LogP contribution in [0.3, 0.4) is 0 Å². The van der Waals surface area contributed by atoms with Crippen molar-refractivity contribution in [1.82, 2.24) is 25.6 Å². The molecular weight excluding hydrogens is 396 g/mol. The van der Waals surface area contributed by atoms with E-state index in [9.17, 15) is 0 Å². The fourth-order valence-electron chi connectivity index (χ4n) is 3.48. The lowest BCUT2D eigenvalue weighted by atomic mass is 10.1. The van der Waals surface area contributed by atoms with Crippen molar-refractivity contribution in [3.8, 4) is 22.6 Å². The minimum absolute atomic E-state index is 0.685. The lowest BCUT2D eigenvalue weighted by Crippen LogP contribution is -2.24. The van der Waals surface area contributed by atoms with Crippen LogP contribution in [0, 0.1) is 6.92 Å². The fourth-order valence-corrected chi connectivity index (χ4v) is 3.48. The Kier molecular flexibility index (Phi) is 7.17. The van der Waals surface area contributed by atoms with Crippen molar-refractivity contribution in [2.24, 2.45) is 0 Å². The molecule has 0 aliphatic rings. The maximum atomic E-state index is 4.94. The fraction of sp³-hybridized carbons (Fsp3) is 0.192. The number of para-hydroxylation sites is 1. The highest BCUT2D eigenvalue weighted by atomic mass is 15.0. The van der Waals surface area contributed by atoms with Gasteiger partial charge in [-0.1, -0.05) is 36.4 Å². The van der Waals surface area contributed by atoms with E-state index < -0.39 is 0 Å². The van der Waals surface area contributed by atoms with Crippen molar-refractivity contribution in [2.45, 2.75) is 13.5 Å². The van der Waals surface area contributed by atoms with Gasteiger partial charge in [-0.05, 0) is 49.9 Å². The molecule has 0 saturated heterocycles. The molecule has 2 aromatic heterocycles. The SMILES string of the molecule is CNCCNCc1cccc(-c2nc(Nc3ccccc3)c(C)c(-c3cccnc3)n2)c1. The van der Waals surface area contributed by atoms with Gasteiger partial charge in [0.25, 0.3) is 0 Å². The van der Waals surface area contributed by atoms with E-state index in [0.717, 1.165) is 53.5 Å². The molecule has 0 spiro atoms. The molecule has 0 radical (unpaired) electrons. The van der Waals surface area contributed by atoms with Gasteiger partial charge in [-0.2, -0.15) is 0 Å². The molecule has 4 rings (SSSR count). The lowest BCUT2D eigenvalue weighted by Gasteiger charge is -2.15. The normalized spacial score (nSPS) is 10.8. The molecule has 2 heterocycles. The largest absolute Gasteiger partial charge is 0.340 e. The molecule has 162 valence electrons. The molecule has 0 fully saturated rings. The van der Waals surface area contributed by atoms with Gasteiger partial charge in [0, 0.05) is 54.4 Å². The first-order valence-electron chi connectivity index (χ1n) is 10.8. The summed E-state index contributed by atoms with van der Waals surface area (Å²) < 4.78 is 0. The van der Waals surface area contributed by atoms with Crippen LogP contribution < -0.4 is 16.0 Å². The maximum Gasteiger partial charge on any atom is 0.162 e. The Morgan fingerprint density at radius 1 is 0.844 bits per heavy atom. The third-order valence-corrected chi connectivity index (χ3v) is 5.18. The van der Waals surface area contributed by atoms with E-state index >= 15 is 0 Å². The molecule has 0 aliphatic heterocycles. The predicted molar refractivity (Wildman–Crippen MR) is 131 cm³/mol. The van der Waals surface area contributed by atoms with Gasteiger partial charge in [0.05, 0.1) is 5.69 Å². The summed E-state index contributed by atoms with van der Waals surface area (Å²) in [4.78, 5) is 14.1. The van der Waals surface area contributed by atoms with Crippen LogP contribution in [0.1, 0.15) is 11.1 Å². The summed E-state index contributed by atoms with van der Waals surface area (Å²) in [5.74, 6) is 1.47. The Bertz CT molecular complexity index is 1150. The van der Waals surface area contributed by atoms with E-state index in [1.165, 1.54) is 5.56 Å². The third-order valence-electron chi connectivity index (χ3n) is 5.18. The average Bonchev–Trinajstić information content (AvgIpc) is 2.84. The first-order chi connectivity index (χ1) is 15.7. The number of benzene rings is 2. The second-order valence-electron chi connectivity index (χ2n) is 7.58. The Balaban J connectivity index is 1.72. The molecule has 2 aromatic carbocycles. The summed E-state index contributed by atoms with van der Waals surface area (Å²) in [6.45, 7) is 4.69. The zero-order chi connectivity index (χ0) is 22.2. The summed E-state index contributed by atoms with van der Waals surface area (Å²) >= 11 is 0. The van der Waals surface area contributed by atoms with E-state index in [1.54, 1.807) is 6.20 Å². The topological polar surface area (TPSA) is 74.8 Å². The number of hydrogen-bond donors (Lipinski definition) is 3. The van der Waals surface area contributed by atoms with Gasteiger partial charge in [0.15, 0.2) is 5.82 Å². The van der Waals surface area contributed by atoms with Crippen LogP contribution in [0.4, 0.5) is 11.5 Å². The second kappa shape index (κ2) is 10.6. The highest BCUT2D eigenvalue weighted by molar-refractivity contribution is 5.74. The molecular formula is C26H28N6. The molecule has 0 bridgehead atoms. The van der Waals surface area contributed by atoms with E-state index in [1.807, 2.05) is 62.6 Å². The van der Waals surface area contributed by atoms with Gasteiger partial charge in [0.1, 0.15) is 5.82 Å². The van der Waals surface area contributed by atoms with Gasteiger partial charge in [0.2, 0.25) is 0 Å². The maximum absolute atomic E-state index is 4.94. The van der Waals surface area contributed by atoms with Crippen molar-refractivity contribution >= 4 is 11.5 Å². The predicted octanol–water partition coefficient (Wildman–Crippen LogP) is 4.57. The highest BCUT2D eigenvalue weighted by Crippen LogP contribution is 2.30. The van der Waals surface area contributed by atoms with Crippen LogP contribution in [-0.4, -0.2) is 35.1 Å². The molecule has 6 heteroatoms. The Labute approximate surface area is 189 Å². The first kappa shape index (κ1) is 21.6. The molecule has 3 N–H and O–H groups in total. The van der Waals surface area contributed by atoms with Gasteiger partial charge < -0.3 is 16.0 Å². The Hall–Kier alpha value is -3.61. The number of hydrogen-bond acceptors (Lipinski definition) is 6. The number of nitrogens with one attached hydrogen (secondary N) is 3. The molecule has 32 heavy (non-hydrogen) atoms. The van der Waals surface area contributed by atoms with Gasteiger partial charge in [-0.25, -0.2) is 9.97 Å². The smallest absolute Gasteiger partial charge is 0.162 e. The number of aromatic nitrogens is 3. The third kappa shape index (κ3) is 5.35. The van der Waals surface area contributed by atoms with Crippen molar-refractivity contribution in [2.75, 3.05) is 25.5 Å². The minimum Gasteiger partial charge on any atom is -0.340 e. The van der Waals surface area contributed by atoms with Crippen LogP contribution in [-0.2, 0) is 6.54 Å². The van der Waals surface area contributed by atoms with Crippen molar-refractivity contribution in [1.29, 1.82) is 0 Å². The van der Waals surface area contributed by atoms with E-state index in [0.29, 0.717) is 5.82 Å². The van der Waals surface area contributed by atoms with E-state index in [2.05, 4.69) is 45.2 Å². The van der Waals surface area contributed by atoms with Crippen LogP contribution in [0.2, 0.25) is 0 Å². The van der Waals surface area contributed by atoms with Crippen LogP contribution in [0.5, 0.6) is 0 Å². The highest BCUT2D eigenvalue weighted by Gasteiger charge is 2.15. The van der Waals surface area contributed by atoms with Crippen molar-refractivity contribution in [3.05, 3.63) is 90.3 Å². The number of likely N-dealkylation sites (N-methyl/N-ethyl adjacent to an activating group) is 1. The van der Waals surface area contributed by atoms with E-state index in [-0.39, 0.29) is 0 Å². The molecule has 6 nitrogen and oxygen atoms in total. The zero-order valence-corrected chi connectivity index (χ0v) is 18.5. The van der Waals surface area contributed by atoms with Gasteiger partial charge in [-0.15, -0.1) is 0 Å². The number of anilines is 2. The van der Waals surface area contributed by atoms with Crippen molar-refractivity contribution in [3.63, 3.8) is 0 Å². The molecule has 0 amide bonds. The number of pyridine rings is 1. The standard InChI is InChI=1S/C26H28N6/c1-19-24(22-10-7-13-28-18-22)31-26(32-25(19)30-23-11-4-3-5-12-23)21-9-6-8-20(16-21)17-29-15-14-27-2/h3-13,16,18,27,29H,14-15,17H2,1-2H3,(H,30,31,32). The Morgan fingerprint density at radius 3 is 2.47 bits per heavy atom. The molecule has 4 aromatic rings. The number of nitrogens with zero attached hydrogens (tertiary/aromatic N) is 3. The summed E-state index contributed by atoms with van der Waals surface area (Å²) in [7, 11) is 1.96. The molecule has 0 atom stereocenters. The quantitative estimate of drug-likeness (QED) is 0.342. The Morgan fingerprint density at radius 2 is 1.69 bits per heavy atom. The van der Waals surface area contributed by atoms with Crippen molar-refractivity contribution < 1.29 is 0 Å². The minimum atomic E-state index is 0.685. The van der Waals surface area contributed by atoms with Crippen LogP contribution in [0.25, 0.3) is 22.6 Å². The zero-order valence-electron chi connectivity index (χ0n) is 18.5. The lowest BCUT2D eigenvalue weighted by molar-refractivity contribution is 0.651. The van der Waals surface area contributed by atoms with Gasteiger partial charge in [-0.3, -0.25) is 4.98 Å². The molecule has 0 unspecified atom stereocenters. The summed E-state index contributed by atoms with van der Waals surface area (Å²) in [5, 5.41) is 10.1. The van der Waals surface area contributed by atoms with Gasteiger partial charge >= 0.3 is 0 Å². The molecule has 0 saturated carbocycles. The summed E-state index contributed by atoms with van der Waals surface area (Å²) in [6, 6.07) is 22.4. The number of rotatable bonds is 9. The van der Waals surface area contributed by atoms with E-state index in [4.69, 9.17) is 9.97 Å². The summed E-state index contributed by atoms with van der Waals surface area (Å²) in [6.07, 6.45) is 3.61. The summed E-state index contributed by atoms with van der Waals surface area (Å²) in [5.41, 5.74) is 5.99. The first-order valence-corrected chi connectivity index (χ1v) is 10.8. The molecule has 0 aliphatic carbocycles. The monoisotopic (exact) mass is 424 g/mol. The second-order valence-corrected chi connectivity index (χ2v) is 7.58. The average molecular weight is 425 g/mol. The van der Waals surface area contributed by atoms with Crippen LogP contribution >= 0.6 is 0 Å².